The van der Waals surface area contributed by atoms with Crippen LogP contribution in [0.5, 0.6) is 0 Å². The Balaban J connectivity index is 1.62. The summed E-state index contributed by atoms with van der Waals surface area (Å²) in [4.78, 5) is 22.2. The van der Waals surface area contributed by atoms with Gasteiger partial charge in [0.1, 0.15) is 6.61 Å². The summed E-state index contributed by atoms with van der Waals surface area (Å²) in [6.07, 6.45) is 8.06. The van der Waals surface area contributed by atoms with Gasteiger partial charge in [-0.05, 0) is 34.7 Å². The highest BCUT2D eigenvalue weighted by atomic mass is 16.5. The first-order valence-corrected chi connectivity index (χ1v) is 7.96. The average Bonchev–Trinajstić information content (AvgIpc) is 2.62. The predicted molar refractivity (Wildman–Crippen MR) is 88.0 cm³/mol. The van der Waals surface area contributed by atoms with Crippen molar-refractivity contribution in [1.82, 2.24) is 14.9 Å². The van der Waals surface area contributed by atoms with Crippen molar-refractivity contribution in [3.63, 3.8) is 0 Å². The van der Waals surface area contributed by atoms with Crippen molar-refractivity contribution in [3.05, 3.63) is 59.2 Å². The van der Waals surface area contributed by atoms with Gasteiger partial charge in [0.25, 0.3) is 0 Å². The lowest BCUT2D eigenvalue weighted by Crippen LogP contribution is -2.38. The highest BCUT2D eigenvalue weighted by molar-refractivity contribution is 5.77. The standard InChI is InChI=1S/C18H21N3O3/c1-23-13-18(22)21-6-4-17-15(10-21)8-20-9-16(17)12-24-11-14-3-2-5-19-7-14/h2-3,5,7-9H,4,6,10-13H2,1H3. The van der Waals surface area contributed by atoms with Crippen LogP contribution in [0.25, 0.3) is 0 Å². The molecule has 0 aromatic carbocycles. The molecule has 0 saturated heterocycles. The Labute approximate surface area is 141 Å². The third-order valence-electron chi connectivity index (χ3n) is 4.10. The molecule has 0 radical (unpaired) electrons. The molecule has 1 aliphatic rings. The Kier molecular flexibility index (Phi) is 5.51. The summed E-state index contributed by atoms with van der Waals surface area (Å²) >= 11 is 0. The third-order valence-corrected chi connectivity index (χ3v) is 4.10. The summed E-state index contributed by atoms with van der Waals surface area (Å²) in [7, 11) is 1.54. The molecule has 1 amide bonds. The molecule has 0 atom stereocenters. The van der Waals surface area contributed by atoms with Crippen LogP contribution in [-0.2, 0) is 40.4 Å². The minimum absolute atomic E-state index is 0.0152. The maximum Gasteiger partial charge on any atom is 0.248 e. The highest BCUT2D eigenvalue weighted by Gasteiger charge is 2.22. The number of hydrogen-bond acceptors (Lipinski definition) is 5. The number of ether oxygens (including phenoxy) is 2. The first-order valence-electron chi connectivity index (χ1n) is 7.96. The van der Waals surface area contributed by atoms with E-state index in [9.17, 15) is 4.79 Å². The van der Waals surface area contributed by atoms with Gasteiger partial charge in [-0.25, -0.2) is 0 Å². The first kappa shape index (κ1) is 16.5. The van der Waals surface area contributed by atoms with Crippen molar-refractivity contribution >= 4 is 5.91 Å². The average molecular weight is 327 g/mol. The van der Waals surface area contributed by atoms with Crippen molar-refractivity contribution in [2.45, 2.75) is 26.2 Å². The van der Waals surface area contributed by atoms with Gasteiger partial charge in [-0.3, -0.25) is 14.8 Å². The molecule has 3 rings (SSSR count). The van der Waals surface area contributed by atoms with E-state index in [1.807, 2.05) is 29.4 Å². The minimum Gasteiger partial charge on any atom is -0.375 e. The Hall–Kier alpha value is -2.31. The Morgan fingerprint density at radius 3 is 2.96 bits per heavy atom. The molecule has 24 heavy (non-hydrogen) atoms. The Morgan fingerprint density at radius 1 is 1.25 bits per heavy atom. The second-order valence-electron chi connectivity index (χ2n) is 5.79. The Morgan fingerprint density at radius 2 is 2.17 bits per heavy atom. The van der Waals surface area contributed by atoms with E-state index in [2.05, 4.69) is 9.97 Å². The van der Waals surface area contributed by atoms with E-state index in [0.29, 0.717) is 26.3 Å². The quantitative estimate of drug-likeness (QED) is 0.808. The van der Waals surface area contributed by atoms with Crippen LogP contribution in [-0.4, -0.2) is 41.0 Å². The lowest BCUT2D eigenvalue weighted by molar-refractivity contribution is -0.136. The maximum absolute atomic E-state index is 12.0. The van der Waals surface area contributed by atoms with Crippen LogP contribution in [0.4, 0.5) is 0 Å². The fraction of sp³-hybridized carbons (Fsp3) is 0.389. The van der Waals surface area contributed by atoms with Crippen molar-refractivity contribution in [2.24, 2.45) is 0 Å². The normalized spacial score (nSPS) is 13.6. The third kappa shape index (κ3) is 3.96. The summed E-state index contributed by atoms with van der Waals surface area (Å²) in [5.41, 5.74) is 4.48. The molecule has 0 spiro atoms. The molecular weight excluding hydrogens is 306 g/mol. The summed E-state index contributed by atoms with van der Waals surface area (Å²) in [6, 6.07) is 3.89. The monoisotopic (exact) mass is 327 g/mol. The zero-order valence-corrected chi connectivity index (χ0v) is 13.8. The molecule has 6 nitrogen and oxygen atoms in total. The molecule has 0 bridgehead atoms. The molecule has 0 unspecified atom stereocenters. The maximum atomic E-state index is 12.0. The number of fused-ring (bicyclic) bond motifs is 1. The van der Waals surface area contributed by atoms with E-state index >= 15 is 0 Å². The van der Waals surface area contributed by atoms with Crippen molar-refractivity contribution in [2.75, 3.05) is 20.3 Å². The van der Waals surface area contributed by atoms with Gasteiger partial charge in [0.2, 0.25) is 5.91 Å². The van der Waals surface area contributed by atoms with Gasteiger partial charge in [-0.1, -0.05) is 6.07 Å². The van der Waals surface area contributed by atoms with Crippen LogP contribution >= 0.6 is 0 Å². The summed E-state index contributed by atoms with van der Waals surface area (Å²) in [5.74, 6) is 0.0152. The minimum atomic E-state index is 0.0152. The van der Waals surface area contributed by atoms with Crippen molar-refractivity contribution in [3.8, 4) is 0 Å². The van der Waals surface area contributed by atoms with Crippen molar-refractivity contribution in [1.29, 1.82) is 0 Å². The number of carbonyl (C=O) groups excluding carboxylic acids is 1. The van der Waals surface area contributed by atoms with Gasteiger partial charge < -0.3 is 14.4 Å². The van der Waals surface area contributed by atoms with Crippen LogP contribution in [0.3, 0.4) is 0 Å². The van der Waals surface area contributed by atoms with Gasteiger partial charge in [-0.2, -0.15) is 0 Å². The summed E-state index contributed by atoms with van der Waals surface area (Å²) < 4.78 is 10.7. The molecule has 3 heterocycles. The zero-order valence-electron chi connectivity index (χ0n) is 13.8. The smallest absolute Gasteiger partial charge is 0.248 e. The largest absolute Gasteiger partial charge is 0.375 e. The van der Waals surface area contributed by atoms with E-state index in [1.54, 1.807) is 12.4 Å². The second-order valence-corrected chi connectivity index (χ2v) is 5.79. The molecule has 0 fully saturated rings. The number of aromatic nitrogens is 2. The summed E-state index contributed by atoms with van der Waals surface area (Å²) in [5, 5.41) is 0. The number of nitrogens with zero attached hydrogens (tertiary/aromatic N) is 3. The lowest BCUT2D eigenvalue weighted by Gasteiger charge is -2.29. The lowest BCUT2D eigenvalue weighted by atomic mass is 9.97. The van der Waals surface area contributed by atoms with Crippen LogP contribution in [0, 0.1) is 0 Å². The SMILES string of the molecule is COCC(=O)N1CCc2c(COCc3cccnc3)cncc2C1. The number of hydrogen-bond donors (Lipinski definition) is 0. The van der Waals surface area contributed by atoms with Crippen LogP contribution in [0.2, 0.25) is 0 Å². The van der Waals surface area contributed by atoms with Gasteiger partial charge in [-0.15, -0.1) is 0 Å². The molecule has 0 aliphatic carbocycles. The number of methoxy groups -OCH3 is 1. The van der Waals surface area contributed by atoms with Gasteiger partial charge in [0.15, 0.2) is 0 Å². The zero-order chi connectivity index (χ0) is 16.8. The second kappa shape index (κ2) is 7.99. The van der Waals surface area contributed by atoms with Crippen LogP contribution in [0.1, 0.15) is 22.3 Å². The van der Waals surface area contributed by atoms with E-state index in [4.69, 9.17) is 9.47 Å². The number of amides is 1. The van der Waals surface area contributed by atoms with Crippen LogP contribution < -0.4 is 0 Å². The summed E-state index contributed by atoms with van der Waals surface area (Å²) in [6.45, 7) is 2.44. The van der Waals surface area contributed by atoms with E-state index < -0.39 is 0 Å². The molecule has 2 aromatic rings. The van der Waals surface area contributed by atoms with E-state index in [-0.39, 0.29) is 12.5 Å². The Bertz CT molecular complexity index is 691. The van der Waals surface area contributed by atoms with Gasteiger partial charge in [0, 0.05) is 45.0 Å². The fourth-order valence-electron chi connectivity index (χ4n) is 2.88. The molecule has 0 N–H and O–H groups in total. The molecule has 1 aliphatic heterocycles. The topological polar surface area (TPSA) is 64.5 Å². The molecule has 126 valence electrons. The molecule has 0 saturated carbocycles. The van der Waals surface area contributed by atoms with Crippen LogP contribution in [0.15, 0.2) is 36.9 Å². The van der Waals surface area contributed by atoms with E-state index in [0.717, 1.165) is 23.1 Å². The van der Waals surface area contributed by atoms with Gasteiger partial charge >= 0.3 is 0 Å². The molecular formula is C18H21N3O3. The number of carbonyl (C=O) groups is 1. The fourth-order valence-corrected chi connectivity index (χ4v) is 2.88. The number of rotatable bonds is 6. The van der Waals surface area contributed by atoms with Gasteiger partial charge in [0.05, 0.1) is 13.2 Å². The first-order chi connectivity index (χ1) is 11.8. The highest BCUT2D eigenvalue weighted by Crippen LogP contribution is 2.22. The van der Waals surface area contributed by atoms with Crippen molar-refractivity contribution < 1.29 is 14.3 Å². The number of pyridine rings is 2. The predicted octanol–water partition coefficient (Wildman–Crippen LogP) is 1.72. The molecule has 2 aromatic heterocycles. The molecule has 6 heteroatoms. The van der Waals surface area contributed by atoms with E-state index in [1.165, 1.54) is 12.7 Å².